The van der Waals surface area contributed by atoms with E-state index in [1.54, 1.807) is 26.6 Å². The molecule has 88 valence electrons. The highest BCUT2D eigenvalue weighted by atomic mass is 79.9. The predicted octanol–water partition coefficient (Wildman–Crippen LogP) is 2.92. The number of hydrogen-bond donors (Lipinski definition) is 0. The van der Waals surface area contributed by atoms with Crippen LogP contribution in [0.15, 0.2) is 35.1 Å². The first kappa shape index (κ1) is 11.9. The van der Waals surface area contributed by atoms with Crippen molar-refractivity contribution in [1.82, 2.24) is 9.97 Å². The quantitative estimate of drug-likeness (QED) is 0.873. The summed E-state index contributed by atoms with van der Waals surface area (Å²) in [5.74, 6) is 1.18. The fourth-order valence-corrected chi connectivity index (χ4v) is 1.96. The summed E-state index contributed by atoms with van der Waals surface area (Å²) in [6.45, 7) is 0. The van der Waals surface area contributed by atoms with Gasteiger partial charge in [-0.3, -0.25) is 4.98 Å². The molecule has 2 aromatic heterocycles. The number of nitrogens with zero attached hydrogens (tertiary/aromatic N) is 2. The molecule has 0 N–H and O–H groups in total. The standard InChI is InChI=1S/C12H11BrN2O2/c1-16-11-8(13)7-15-10(12(11)17-2)9-5-3-4-6-14-9/h3-7H,1-2H3. The van der Waals surface area contributed by atoms with E-state index in [1.165, 1.54) is 0 Å². The highest BCUT2D eigenvalue weighted by molar-refractivity contribution is 9.10. The molecule has 0 aliphatic carbocycles. The molecule has 5 heteroatoms. The minimum atomic E-state index is 0.570. The van der Waals surface area contributed by atoms with Crippen molar-refractivity contribution in [3.63, 3.8) is 0 Å². The highest BCUT2D eigenvalue weighted by Crippen LogP contribution is 2.40. The lowest BCUT2D eigenvalue weighted by atomic mass is 10.2. The average Bonchev–Trinajstić information content (AvgIpc) is 2.39. The smallest absolute Gasteiger partial charge is 0.190 e. The fourth-order valence-electron chi connectivity index (χ4n) is 1.52. The van der Waals surface area contributed by atoms with Crippen LogP contribution >= 0.6 is 15.9 Å². The summed E-state index contributed by atoms with van der Waals surface area (Å²) in [6, 6.07) is 5.63. The lowest BCUT2D eigenvalue weighted by Crippen LogP contribution is -1.97. The first-order valence-corrected chi connectivity index (χ1v) is 5.75. The molecular weight excluding hydrogens is 284 g/mol. The van der Waals surface area contributed by atoms with Crippen molar-refractivity contribution in [2.45, 2.75) is 0 Å². The van der Waals surface area contributed by atoms with Crippen molar-refractivity contribution >= 4 is 15.9 Å². The Kier molecular flexibility index (Phi) is 3.58. The molecule has 0 aliphatic rings. The van der Waals surface area contributed by atoms with Gasteiger partial charge in [0.15, 0.2) is 11.5 Å². The number of hydrogen-bond acceptors (Lipinski definition) is 4. The molecule has 0 spiro atoms. The van der Waals surface area contributed by atoms with E-state index < -0.39 is 0 Å². The maximum Gasteiger partial charge on any atom is 0.190 e. The van der Waals surface area contributed by atoms with Crippen LogP contribution in [-0.4, -0.2) is 24.2 Å². The highest BCUT2D eigenvalue weighted by Gasteiger charge is 2.16. The molecule has 0 amide bonds. The average molecular weight is 295 g/mol. The summed E-state index contributed by atoms with van der Waals surface area (Å²) in [7, 11) is 3.17. The molecule has 0 aliphatic heterocycles. The van der Waals surface area contributed by atoms with E-state index in [9.17, 15) is 0 Å². The SMILES string of the molecule is COc1c(Br)cnc(-c2ccccn2)c1OC. The second-order valence-electron chi connectivity index (χ2n) is 3.24. The molecule has 0 saturated carbocycles. The number of rotatable bonds is 3. The Hall–Kier alpha value is -1.62. The molecule has 0 atom stereocenters. The Labute approximate surface area is 108 Å². The van der Waals surface area contributed by atoms with E-state index in [-0.39, 0.29) is 0 Å². The first-order valence-electron chi connectivity index (χ1n) is 4.95. The largest absolute Gasteiger partial charge is 0.492 e. The van der Waals surface area contributed by atoms with Crippen molar-refractivity contribution in [1.29, 1.82) is 0 Å². The number of pyridine rings is 2. The van der Waals surface area contributed by atoms with Gasteiger partial charge in [-0.15, -0.1) is 0 Å². The molecule has 0 bridgehead atoms. The molecule has 2 rings (SSSR count). The molecule has 0 fully saturated rings. The maximum absolute atomic E-state index is 5.35. The molecule has 17 heavy (non-hydrogen) atoms. The van der Waals surface area contributed by atoms with Crippen molar-refractivity contribution in [3.05, 3.63) is 35.1 Å². The van der Waals surface area contributed by atoms with Crippen LogP contribution in [0.2, 0.25) is 0 Å². The Morgan fingerprint density at radius 1 is 1.06 bits per heavy atom. The minimum Gasteiger partial charge on any atom is -0.492 e. The normalized spacial score (nSPS) is 10.1. The lowest BCUT2D eigenvalue weighted by Gasteiger charge is -2.12. The van der Waals surface area contributed by atoms with Crippen LogP contribution in [0.4, 0.5) is 0 Å². The second-order valence-corrected chi connectivity index (χ2v) is 4.09. The Balaban J connectivity index is 2.63. The Morgan fingerprint density at radius 3 is 2.41 bits per heavy atom. The van der Waals surface area contributed by atoms with Crippen LogP contribution < -0.4 is 9.47 Å². The van der Waals surface area contributed by atoms with Crippen LogP contribution in [0, 0.1) is 0 Å². The third-order valence-corrected chi connectivity index (χ3v) is 2.83. The summed E-state index contributed by atoms with van der Waals surface area (Å²) in [5.41, 5.74) is 1.41. The first-order chi connectivity index (χ1) is 8.27. The number of halogens is 1. The third-order valence-electron chi connectivity index (χ3n) is 2.26. The van der Waals surface area contributed by atoms with E-state index in [1.807, 2.05) is 18.2 Å². The molecular formula is C12H11BrN2O2. The van der Waals surface area contributed by atoms with Gasteiger partial charge < -0.3 is 9.47 Å². The van der Waals surface area contributed by atoms with Crippen LogP contribution in [0.5, 0.6) is 11.5 Å². The molecule has 0 radical (unpaired) electrons. The van der Waals surface area contributed by atoms with Crippen LogP contribution in [0.3, 0.4) is 0 Å². The van der Waals surface area contributed by atoms with E-state index in [4.69, 9.17) is 9.47 Å². The van der Waals surface area contributed by atoms with Crippen LogP contribution in [0.1, 0.15) is 0 Å². The predicted molar refractivity (Wildman–Crippen MR) is 68.3 cm³/mol. The van der Waals surface area contributed by atoms with Gasteiger partial charge in [-0.05, 0) is 28.1 Å². The van der Waals surface area contributed by atoms with Gasteiger partial charge in [-0.1, -0.05) is 6.07 Å². The van der Waals surface area contributed by atoms with E-state index in [0.29, 0.717) is 17.2 Å². The van der Waals surface area contributed by atoms with Crippen molar-refractivity contribution < 1.29 is 9.47 Å². The zero-order valence-electron chi connectivity index (χ0n) is 9.48. The molecule has 0 aromatic carbocycles. The second kappa shape index (κ2) is 5.14. The van der Waals surface area contributed by atoms with Gasteiger partial charge in [0.2, 0.25) is 0 Å². The van der Waals surface area contributed by atoms with Crippen molar-refractivity contribution in [2.75, 3.05) is 14.2 Å². The minimum absolute atomic E-state index is 0.570. The van der Waals surface area contributed by atoms with Gasteiger partial charge >= 0.3 is 0 Å². The fraction of sp³-hybridized carbons (Fsp3) is 0.167. The lowest BCUT2D eigenvalue weighted by molar-refractivity contribution is 0.352. The number of methoxy groups -OCH3 is 2. The maximum atomic E-state index is 5.35. The van der Waals surface area contributed by atoms with E-state index in [2.05, 4.69) is 25.9 Å². The molecule has 2 heterocycles. The summed E-state index contributed by atoms with van der Waals surface area (Å²) < 4.78 is 11.4. The van der Waals surface area contributed by atoms with Gasteiger partial charge in [-0.2, -0.15) is 0 Å². The van der Waals surface area contributed by atoms with Gasteiger partial charge in [0.25, 0.3) is 0 Å². The third kappa shape index (κ3) is 2.24. The van der Waals surface area contributed by atoms with E-state index in [0.717, 1.165) is 10.2 Å². The summed E-state index contributed by atoms with van der Waals surface area (Å²) in [6.07, 6.45) is 3.39. The molecule has 0 unspecified atom stereocenters. The Bertz CT molecular complexity index is 517. The van der Waals surface area contributed by atoms with Gasteiger partial charge in [-0.25, -0.2) is 4.98 Å². The van der Waals surface area contributed by atoms with Gasteiger partial charge in [0.05, 0.1) is 24.4 Å². The van der Waals surface area contributed by atoms with E-state index >= 15 is 0 Å². The summed E-state index contributed by atoms with van der Waals surface area (Å²) in [5, 5.41) is 0. The van der Waals surface area contributed by atoms with Gasteiger partial charge in [0, 0.05) is 12.4 Å². The monoisotopic (exact) mass is 294 g/mol. The van der Waals surface area contributed by atoms with Crippen LogP contribution in [-0.2, 0) is 0 Å². The van der Waals surface area contributed by atoms with Gasteiger partial charge in [0.1, 0.15) is 5.69 Å². The zero-order chi connectivity index (χ0) is 12.3. The van der Waals surface area contributed by atoms with Crippen molar-refractivity contribution in [3.8, 4) is 22.9 Å². The molecule has 0 saturated heterocycles. The molecule has 4 nitrogen and oxygen atoms in total. The van der Waals surface area contributed by atoms with Crippen molar-refractivity contribution in [2.24, 2.45) is 0 Å². The molecule has 2 aromatic rings. The topological polar surface area (TPSA) is 44.2 Å². The number of ether oxygens (including phenoxy) is 2. The zero-order valence-corrected chi connectivity index (χ0v) is 11.1. The Morgan fingerprint density at radius 2 is 1.82 bits per heavy atom. The summed E-state index contributed by atoms with van der Waals surface area (Å²) >= 11 is 3.37. The number of aromatic nitrogens is 2. The summed E-state index contributed by atoms with van der Waals surface area (Å²) in [4.78, 5) is 8.56. The van der Waals surface area contributed by atoms with Crippen LogP contribution in [0.25, 0.3) is 11.4 Å².